The number of anilines is 1. The van der Waals surface area contributed by atoms with E-state index in [9.17, 15) is 19.5 Å². The Morgan fingerprint density at radius 2 is 1.74 bits per heavy atom. The number of azide groups is 1. The number of amides is 2. The van der Waals surface area contributed by atoms with Crippen molar-refractivity contribution in [1.29, 1.82) is 5.26 Å². The van der Waals surface area contributed by atoms with Gasteiger partial charge < -0.3 is 49.7 Å². The van der Waals surface area contributed by atoms with E-state index in [1.165, 1.54) is 6.20 Å². The highest BCUT2D eigenvalue weighted by Crippen LogP contribution is 2.33. The molecule has 286 valence electrons. The van der Waals surface area contributed by atoms with Crippen LogP contribution in [-0.2, 0) is 40.4 Å². The third kappa shape index (κ3) is 16.5. The Morgan fingerprint density at radius 1 is 1.04 bits per heavy atom. The second kappa shape index (κ2) is 24.5. The molecule has 0 saturated carbocycles. The average molecular weight is 740 g/mol. The summed E-state index contributed by atoms with van der Waals surface area (Å²) >= 11 is 0. The van der Waals surface area contributed by atoms with Gasteiger partial charge in [-0.05, 0) is 35.7 Å². The van der Waals surface area contributed by atoms with E-state index in [-0.39, 0.29) is 38.6 Å². The van der Waals surface area contributed by atoms with Crippen LogP contribution in [0.5, 0.6) is 5.75 Å². The van der Waals surface area contributed by atoms with Crippen molar-refractivity contribution in [3.63, 3.8) is 0 Å². The molecule has 0 fully saturated rings. The molecular weight excluding hydrogens is 694 g/mol. The van der Waals surface area contributed by atoms with E-state index in [4.69, 9.17) is 34.5 Å². The molecule has 3 rings (SSSR count). The number of aliphatic carboxylic acids is 1. The summed E-state index contributed by atoms with van der Waals surface area (Å²) in [5.74, 6) is -1.09. The number of H-pyrrole nitrogens is 1. The molecule has 2 amide bonds. The van der Waals surface area contributed by atoms with Gasteiger partial charge in [-0.15, -0.1) is 0 Å². The number of aryl methyl sites for hydroxylation is 1. The van der Waals surface area contributed by atoms with Crippen LogP contribution in [0.4, 0.5) is 5.95 Å². The normalized spacial score (nSPS) is 11.2. The van der Waals surface area contributed by atoms with Gasteiger partial charge in [0.05, 0.1) is 83.8 Å². The fraction of sp³-hybridized carbons (Fsp3) is 0.515. The maximum absolute atomic E-state index is 12.8. The van der Waals surface area contributed by atoms with Gasteiger partial charge in [0.25, 0.3) is 0 Å². The fourth-order valence-corrected chi connectivity index (χ4v) is 4.71. The molecule has 0 spiro atoms. The number of aromatic nitrogens is 4. The molecule has 3 aromatic rings. The van der Waals surface area contributed by atoms with Crippen LogP contribution in [0.25, 0.3) is 21.7 Å². The van der Waals surface area contributed by atoms with Crippen molar-refractivity contribution in [3.8, 4) is 23.1 Å². The molecule has 0 saturated heterocycles. The molecule has 2 heterocycles. The van der Waals surface area contributed by atoms with Crippen LogP contribution < -0.4 is 20.7 Å². The summed E-state index contributed by atoms with van der Waals surface area (Å²) in [7, 11) is 1.76. The van der Waals surface area contributed by atoms with Gasteiger partial charge in [0.2, 0.25) is 17.8 Å². The lowest BCUT2D eigenvalue weighted by molar-refractivity contribution is -0.138. The summed E-state index contributed by atoms with van der Waals surface area (Å²) in [6.07, 6.45) is 3.20. The van der Waals surface area contributed by atoms with Crippen LogP contribution in [0.2, 0.25) is 0 Å². The molecule has 53 heavy (non-hydrogen) atoms. The number of carbonyl (C=O) groups is 3. The van der Waals surface area contributed by atoms with E-state index in [2.05, 4.69) is 41.0 Å². The van der Waals surface area contributed by atoms with E-state index < -0.39 is 24.3 Å². The molecule has 20 nitrogen and oxygen atoms in total. The van der Waals surface area contributed by atoms with Crippen molar-refractivity contribution in [2.45, 2.75) is 25.3 Å². The number of nitrogens with one attached hydrogen (secondary N) is 4. The minimum absolute atomic E-state index is 0.134. The lowest BCUT2D eigenvalue weighted by Gasteiger charge is -2.20. The number of benzene rings is 1. The Bertz CT molecular complexity index is 1670. The third-order valence-corrected chi connectivity index (χ3v) is 7.23. The number of nitriles is 1. The van der Waals surface area contributed by atoms with Gasteiger partial charge in [-0.2, -0.15) is 10.4 Å². The average Bonchev–Trinajstić information content (AvgIpc) is 3.80. The predicted octanol–water partition coefficient (Wildman–Crippen LogP) is 2.08. The summed E-state index contributed by atoms with van der Waals surface area (Å²) in [4.78, 5) is 46.3. The van der Waals surface area contributed by atoms with Gasteiger partial charge >= 0.3 is 5.97 Å². The van der Waals surface area contributed by atoms with Crippen molar-refractivity contribution >= 4 is 23.7 Å². The highest BCUT2D eigenvalue weighted by Gasteiger charge is 2.21. The van der Waals surface area contributed by atoms with E-state index >= 15 is 0 Å². The lowest BCUT2D eigenvalue weighted by atomic mass is 9.99. The monoisotopic (exact) mass is 739 g/mol. The maximum atomic E-state index is 12.8. The van der Waals surface area contributed by atoms with E-state index in [0.717, 1.165) is 0 Å². The molecule has 2 aromatic heterocycles. The highest BCUT2D eigenvalue weighted by atomic mass is 16.6. The second-order valence-electron chi connectivity index (χ2n) is 11.1. The molecule has 0 aliphatic rings. The van der Waals surface area contributed by atoms with Crippen LogP contribution in [0.1, 0.15) is 36.6 Å². The first-order chi connectivity index (χ1) is 25.8. The highest BCUT2D eigenvalue weighted by molar-refractivity contribution is 5.85. The smallest absolute Gasteiger partial charge is 0.305 e. The Morgan fingerprint density at radius 3 is 2.36 bits per heavy atom. The lowest BCUT2D eigenvalue weighted by Crippen LogP contribution is -2.39. The Kier molecular flexibility index (Phi) is 19.3. The number of nitrogens with zero attached hydrogens (tertiary/aromatic N) is 7. The summed E-state index contributed by atoms with van der Waals surface area (Å²) in [5, 5.41) is 34.3. The number of imidazole rings is 1. The second-order valence-corrected chi connectivity index (χ2v) is 11.1. The summed E-state index contributed by atoms with van der Waals surface area (Å²) < 4.78 is 29.4. The molecule has 0 bridgehead atoms. The molecule has 0 radical (unpaired) electrons. The zero-order chi connectivity index (χ0) is 38.1. The Labute approximate surface area is 305 Å². The largest absolute Gasteiger partial charge is 0.490 e. The van der Waals surface area contributed by atoms with Crippen molar-refractivity contribution in [1.82, 2.24) is 30.4 Å². The van der Waals surface area contributed by atoms with E-state index in [0.29, 0.717) is 93.4 Å². The topological polar surface area (TPSA) is 273 Å². The molecule has 1 aromatic carbocycles. The zero-order valence-corrected chi connectivity index (χ0v) is 29.5. The molecular formula is C33H45N11O9. The van der Waals surface area contributed by atoms with Crippen molar-refractivity contribution in [2.75, 3.05) is 84.4 Å². The molecule has 20 heteroatoms. The van der Waals surface area contributed by atoms with Crippen molar-refractivity contribution in [2.24, 2.45) is 12.2 Å². The van der Waals surface area contributed by atoms with Gasteiger partial charge in [-0.1, -0.05) is 11.2 Å². The zero-order valence-electron chi connectivity index (χ0n) is 29.5. The van der Waals surface area contributed by atoms with Crippen LogP contribution >= 0.6 is 0 Å². The number of carbonyl (C=O) groups excluding carboxylic acids is 2. The SMILES string of the molecule is Cn1nccc1-c1cc([C@H](CC(=O)O)NC(=O)CNC(=O)CCCNc2ncc(C#N)[nH]2)ccc1OCCOCCOCCOCCOCCN=[N+]=[N-]. The molecule has 0 unspecified atom stereocenters. The first-order valence-electron chi connectivity index (χ1n) is 16.8. The molecule has 0 aliphatic heterocycles. The number of rotatable bonds is 28. The maximum Gasteiger partial charge on any atom is 0.305 e. The van der Waals surface area contributed by atoms with Gasteiger partial charge in [0.15, 0.2) is 0 Å². The fourth-order valence-electron chi connectivity index (χ4n) is 4.71. The van der Waals surface area contributed by atoms with Crippen LogP contribution in [0, 0.1) is 11.3 Å². The van der Waals surface area contributed by atoms with Crippen molar-refractivity contribution < 1.29 is 43.2 Å². The summed E-state index contributed by atoms with van der Waals surface area (Å²) in [5.41, 5.74) is 10.4. The van der Waals surface area contributed by atoms with E-state index in [1.807, 2.05) is 6.07 Å². The molecule has 0 aliphatic carbocycles. The number of hydrogen-bond donors (Lipinski definition) is 5. The summed E-state index contributed by atoms with van der Waals surface area (Å²) in [6, 6.07) is 7.96. The van der Waals surface area contributed by atoms with Crippen molar-refractivity contribution in [3.05, 3.63) is 58.4 Å². The van der Waals surface area contributed by atoms with Gasteiger partial charge in [0.1, 0.15) is 24.1 Å². The number of hydrogen-bond acceptors (Lipinski definition) is 13. The Hall–Kier alpha value is -5.71. The molecule has 1 atom stereocenters. The first kappa shape index (κ1) is 41.7. The summed E-state index contributed by atoms with van der Waals surface area (Å²) in [6.45, 7) is 3.56. The van der Waals surface area contributed by atoms with Crippen LogP contribution in [0.15, 0.2) is 41.8 Å². The quantitative estimate of drug-likeness (QED) is 0.0309. The number of aromatic amines is 1. The minimum Gasteiger partial charge on any atom is -0.490 e. The van der Waals surface area contributed by atoms with Crippen LogP contribution in [-0.4, -0.2) is 122 Å². The van der Waals surface area contributed by atoms with E-state index in [1.54, 1.807) is 42.2 Å². The van der Waals surface area contributed by atoms with Gasteiger partial charge in [0, 0.05) is 43.2 Å². The number of ether oxygens (including phenoxy) is 5. The predicted molar refractivity (Wildman–Crippen MR) is 189 cm³/mol. The Balaban J connectivity index is 1.43. The van der Waals surface area contributed by atoms with Gasteiger partial charge in [-0.3, -0.25) is 19.1 Å². The number of carboxylic acids is 1. The third-order valence-electron chi connectivity index (χ3n) is 7.23. The first-order valence-corrected chi connectivity index (χ1v) is 16.8. The standard InChI is InChI=1S/C33H45N11O9/c1-44-28(6-8-40-44)26-19-24(4-5-29(26)53-18-17-52-16-15-51-14-13-50-12-11-49-10-9-39-43-35)27(20-32(47)48)42-31(46)23-37-30(45)3-2-7-36-33-38-22-25(21-34)41-33/h4-6,8,19,22,27H,2-3,7,9-18,20,23H2,1H3,(H,37,45)(H,42,46)(H,47,48)(H2,36,38,41)/t27-/m0/s1. The molecule has 5 N–H and O–H groups in total. The number of carboxylic acid groups (broad SMARTS) is 1. The minimum atomic E-state index is -1.12. The van der Waals surface area contributed by atoms with Crippen LogP contribution in [0.3, 0.4) is 0 Å². The van der Waals surface area contributed by atoms with Gasteiger partial charge in [-0.25, -0.2) is 4.98 Å².